The Morgan fingerprint density at radius 2 is 2.00 bits per heavy atom. The molecule has 0 spiro atoms. The van der Waals surface area contributed by atoms with E-state index in [0.717, 1.165) is 19.3 Å². The van der Waals surface area contributed by atoms with Gasteiger partial charge in [-0.05, 0) is 26.2 Å². The second-order valence-electron chi connectivity index (χ2n) is 4.46. The third-order valence-corrected chi connectivity index (χ3v) is 3.20. The van der Waals surface area contributed by atoms with Crippen molar-refractivity contribution in [2.45, 2.75) is 57.4 Å². The van der Waals surface area contributed by atoms with E-state index in [0.29, 0.717) is 12.3 Å². The first-order valence-corrected chi connectivity index (χ1v) is 6.07. The van der Waals surface area contributed by atoms with Crippen LogP contribution in [0, 0.1) is 0 Å². The van der Waals surface area contributed by atoms with Gasteiger partial charge in [0.2, 0.25) is 5.91 Å². The number of hydrogen-bond acceptors (Lipinski definition) is 1. The largest absolute Gasteiger partial charge is 0.351 e. The first-order valence-electron chi connectivity index (χ1n) is 5.53. The molecule has 0 heterocycles. The molecule has 1 aliphatic carbocycles. The predicted molar refractivity (Wildman–Crippen MR) is 59.6 cm³/mol. The summed E-state index contributed by atoms with van der Waals surface area (Å²) in [6.45, 7) is 2.16. The standard InChI is InChI=1S/C11H20ClNO/c1-11(7-3-2-4-8-11)13-10(14)6-5-9-12/h2-9H2,1H3,(H,13,14). The zero-order valence-corrected chi connectivity index (χ0v) is 9.70. The molecule has 0 radical (unpaired) electrons. The number of hydrogen-bond donors (Lipinski definition) is 1. The van der Waals surface area contributed by atoms with Crippen LogP contribution < -0.4 is 5.32 Å². The van der Waals surface area contributed by atoms with Crippen LogP contribution in [0.15, 0.2) is 0 Å². The molecule has 0 aromatic carbocycles. The second kappa shape index (κ2) is 5.59. The zero-order chi connectivity index (χ0) is 10.4. The van der Waals surface area contributed by atoms with Crippen LogP contribution in [0.5, 0.6) is 0 Å². The Bertz CT molecular complexity index is 188. The minimum absolute atomic E-state index is 0.0572. The summed E-state index contributed by atoms with van der Waals surface area (Å²) in [6.07, 6.45) is 7.40. The molecule has 14 heavy (non-hydrogen) atoms. The number of carbonyl (C=O) groups is 1. The fourth-order valence-corrected chi connectivity index (χ4v) is 2.22. The van der Waals surface area contributed by atoms with Crippen LogP contribution in [0.25, 0.3) is 0 Å². The molecule has 0 aliphatic heterocycles. The van der Waals surface area contributed by atoms with Crippen LogP contribution in [0.2, 0.25) is 0 Å². The number of halogens is 1. The van der Waals surface area contributed by atoms with Gasteiger partial charge in [0.15, 0.2) is 0 Å². The number of amides is 1. The molecule has 1 N–H and O–H groups in total. The molecule has 1 aliphatic rings. The minimum Gasteiger partial charge on any atom is -0.351 e. The highest BCUT2D eigenvalue weighted by Gasteiger charge is 2.27. The summed E-state index contributed by atoms with van der Waals surface area (Å²) >= 11 is 5.54. The molecule has 0 unspecified atom stereocenters. The van der Waals surface area contributed by atoms with E-state index in [2.05, 4.69) is 12.2 Å². The van der Waals surface area contributed by atoms with Crippen molar-refractivity contribution in [1.29, 1.82) is 0 Å². The Morgan fingerprint density at radius 3 is 2.57 bits per heavy atom. The van der Waals surface area contributed by atoms with E-state index >= 15 is 0 Å². The number of carbonyl (C=O) groups excluding carboxylic acids is 1. The maximum Gasteiger partial charge on any atom is 0.220 e. The molecule has 0 saturated heterocycles. The van der Waals surface area contributed by atoms with E-state index in [-0.39, 0.29) is 11.4 Å². The predicted octanol–water partition coefficient (Wildman–Crippen LogP) is 2.84. The number of alkyl halides is 1. The normalized spacial score (nSPS) is 20.4. The van der Waals surface area contributed by atoms with Gasteiger partial charge in [0.1, 0.15) is 0 Å². The highest BCUT2D eigenvalue weighted by molar-refractivity contribution is 6.17. The number of nitrogens with one attached hydrogen (secondary N) is 1. The molecule has 1 amide bonds. The van der Waals surface area contributed by atoms with Gasteiger partial charge in [-0.1, -0.05) is 19.3 Å². The monoisotopic (exact) mass is 217 g/mol. The van der Waals surface area contributed by atoms with E-state index < -0.39 is 0 Å². The molecular formula is C11H20ClNO. The van der Waals surface area contributed by atoms with Crippen LogP contribution in [0.1, 0.15) is 51.9 Å². The summed E-state index contributed by atoms with van der Waals surface area (Å²) in [6, 6.07) is 0. The van der Waals surface area contributed by atoms with Crippen LogP contribution in [-0.4, -0.2) is 17.3 Å². The van der Waals surface area contributed by atoms with Gasteiger partial charge in [0, 0.05) is 17.8 Å². The molecule has 1 fully saturated rings. The van der Waals surface area contributed by atoms with Crippen LogP contribution in [0.3, 0.4) is 0 Å². The van der Waals surface area contributed by atoms with Gasteiger partial charge in [0.05, 0.1) is 0 Å². The summed E-state index contributed by atoms with van der Waals surface area (Å²) < 4.78 is 0. The molecule has 1 saturated carbocycles. The summed E-state index contributed by atoms with van der Waals surface area (Å²) in [5.41, 5.74) is 0.0572. The van der Waals surface area contributed by atoms with Gasteiger partial charge < -0.3 is 5.32 Å². The third-order valence-electron chi connectivity index (χ3n) is 2.94. The summed E-state index contributed by atoms with van der Waals surface area (Å²) in [5.74, 6) is 0.736. The van der Waals surface area contributed by atoms with Gasteiger partial charge in [0.25, 0.3) is 0 Å². The van der Waals surface area contributed by atoms with E-state index in [1.54, 1.807) is 0 Å². The molecule has 0 aromatic heterocycles. The average molecular weight is 218 g/mol. The van der Waals surface area contributed by atoms with E-state index in [1.807, 2.05) is 0 Å². The van der Waals surface area contributed by atoms with Crippen molar-refractivity contribution < 1.29 is 4.79 Å². The minimum atomic E-state index is 0.0572. The Balaban J connectivity index is 2.29. The Hall–Kier alpha value is -0.240. The lowest BCUT2D eigenvalue weighted by molar-refractivity contribution is -0.123. The van der Waals surface area contributed by atoms with Crippen LogP contribution in [-0.2, 0) is 4.79 Å². The van der Waals surface area contributed by atoms with Gasteiger partial charge >= 0.3 is 0 Å². The van der Waals surface area contributed by atoms with Crippen molar-refractivity contribution in [2.24, 2.45) is 0 Å². The summed E-state index contributed by atoms with van der Waals surface area (Å²) in [7, 11) is 0. The van der Waals surface area contributed by atoms with Crippen molar-refractivity contribution in [3.8, 4) is 0 Å². The molecule has 2 nitrogen and oxygen atoms in total. The van der Waals surface area contributed by atoms with Crippen LogP contribution >= 0.6 is 11.6 Å². The fraction of sp³-hybridized carbons (Fsp3) is 0.909. The lowest BCUT2D eigenvalue weighted by Crippen LogP contribution is -2.47. The Labute approximate surface area is 91.4 Å². The second-order valence-corrected chi connectivity index (χ2v) is 4.84. The lowest BCUT2D eigenvalue weighted by atomic mass is 9.83. The zero-order valence-electron chi connectivity index (χ0n) is 8.94. The fourth-order valence-electron chi connectivity index (χ4n) is 2.08. The lowest BCUT2D eigenvalue weighted by Gasteiger charge is -2.34. The molecule has 3 heteroatoms. The van der Waals surface area contributed by atoms with Crippen molar-refractivity contribution in [2.75, 3.05) is 5.88 Å². The summed E-state index contributed by atoms with van der Waals surface area (Å²) in [5, 5.41) is 3.13. The smallest absolute Gasteiger partial charge is 0.220 e. The Morgan fingerprint density at radius 1 is 1.36 bits per heavy atom. The van der Waals surface area contributed by atoms with Crippen molar-refractivity contribution in [1.82, 2.24) is 5.32 Å². The van der Waals surface area contributed by atoms with E-state index in [4.69, 9.17) is 11.6 Å². The van der Waals surface area contributed by atoms with Gasteiger partial charge in [-0.15, -0.1) is 11.6 Å². The van der Waals surface area contributed by atoms with Crippen LogP contribution in [0.4, 0.5) is 0 Å². The van der Waals surface area contributed by atoms with E-state index in [9.17, 15) is 4.79 Å². The highest BCUT2D eigenvalue weighted by Crippen LogP contribution is 2.27. The quantitative estimate of drug-likeness (QED) is 0.721. The highest BCUT2D eigenvalue weighted by atomic mass is 35.5. The van der Waals surface area contributed by atoms with Crippen molar-refractivity contribution in [3.05, 3.63) is 0 Å². The molecule has 0 bridgehead atoms. The SMILES string of the molecule is CC1(NC(=O)CCCCl)CCCCC1. The Kier molecular flexibility index (Phi) is 4.73. The van der Waals surface area contributed by atoms with Gasteiger partial charge in [-0.25, -0.2) is 0 Å². The maximum atomic E-state index is 11.5. The molecule has 0 aromatic rings. The molecule has 1 rings (SSSR count). The van der Waals surface area contributed by atoms with E-state index in [1.165, 1.54) is 19.3 Å². The third kappa shape index (κ3) is 3.87. The van der Waals surface area contributed by atoms with Crippen molar-refractivity contribution in [3.63, 3.8) is 0 Å². The first-order chi connectivity index (χ1) is 6.66. The molecule has 0 atom stereocenters. The maximum absolute atomic E-state index is 11.5. The number of rotatable bonds is 4. The first kappa shape index (κ1) is 11.8. The topological polar surface area (TPSA) is 29.1 Å². The average Bonchev–Trinajstić information content (AvgIpc) is 2.15. The van der Waals surface area contributed by atoms with Crippen molar-refractivity contribution >= 4 is 17.5 Å². The van der Waals surface area contributed by atoms with Gasteiger partial charge in [-0.2, -0.15) is 0 Å². The summed E-state index contributed by atoms with van der Waals surface area (Å²) in [4.78, 5) is 11.5. The molecule has 82 valence electrons. The van der Waals surface area contributed by atoms with Gasteiger partial charge in [-0.3, -0.25) is 4.79 Å². The molecular weight excluding hydrogens is 198 g/mol.